The van der Waals surface area contributed by atoms with Gasteiger partial charge in [0, 0.05) is 12.1 Å². The van der Waals surface area contributed by atoms with Crippen LogP contribution in [0.3, 0.4) is 0 Å². The molecular formula is C19H23N3O7S. The number of hydrogen-bond acceptors (Lipinski definition) is 7. The summed E-state index contributed by atoms with van der Waals surface area (Å²) in [6, 6.07) is 7.48. The van der Waals surface area contributed by atoms with Crippen LogP contribution in [0.5, 0.6) is 11.5 Å². The molecular weight excluding hydrogens is 414 g/mol. The maximum absolute atomic E-state index is 12.9. The van der Waals surface area contributed by atoms with Gasteiger partial charge < -0.3 is 14.8 Å². The molecule has 0 bridgehead atoms. The van der Waals surface area contributed by atoms with Crippen LogP contribution in [0.1, 0.15) is 12.5 Å². The van der Waals surface area contributed by atoms with E-state index in [0.29, 0.717) is 0 Å². The second kappa shape index (κ2) is 8.99. The Hall–Kier alpha value is -3.34. The molecule has 0 saturated carbocycles. The number of aryl methyl sites for hydroxylation is 1. The van der Waals surface area contributed by atoms with Crippen molar-refractivity contribution >= 4 is 33.0 Å². The molecule has 0 heterocycles. The first-order valence-electron chi connectivity index (χ1n) is 8.77. The first-order chi connectivity index (χ1) is 14.0. The molecule has 30 heavy (non-hydrogen) atoms. The summed E-state index contributed by atoms with van der Waals surface area (Å²) in [6.45, 7) is 3.18. The lowest BCUT2D eigenvalue weighted by Crippen LogP contribution is -2.45. The van der Waals surface area contributed by atoms with Crippen molar-refractivity contribution < 1.29 is 27.6 Å². The first-order valence-corrected chi connectivity index (χ1v) is 10.6. The van der Waals surface area contributed by atoms with E-state index in [0.717, 1.165) is 22.2 Å². The number of nitrogens with one attached hydrogen (secondary N) is 1. The number of nitro groups is 1. The van der Waals surface area contributed by atoms with Gasteiger partial charge in [-0.15, -0.1) is 0 Å². The number of methoxy groups -OCH3 is 2. The Balaban J connectivity index is 2.47. The highest BCUT2D eigenvalue weighted by atomic mass is 32.2. The number of rotatable bonds is 8. The van der Waals surface area contributed by atoms with Gasteiger partial charge >= 0.3 is 0 Å². The molecule has 2 aromatic rings. The zero-order chi connectivity index (χ0) is 22.6. The molecule has 1 N–H and O–H groups in total. The van der Waals surface area contributed by atoms with Crippen LogP contribution in [0.25, 0.3) is 0 Å². The Morgan fingerprint density at radius 3 is 2.27 bits per heavy atom. The lowest BCUT2D eigenvalue weighted by atomic mass is 10.2. The topological polar surface area (TPSA) is 128 Å². The zero-order valence-corrected chi connectivity index (χ0v) is 18.0. The number of carbonyl (C=O) groups is 1. The molecule has 0 aliphatic rings. The summed E-state index contributed by atoms with van der Waals surface area (Å²) in [6.07, 6.45) is 0.979. The van der Waals surface area contributed by atoms with Crippen LogP contribution in [-0.4, -0.2) is 45.8 Å². The number of benzene rings is 2. The molecule has 0 unspecified atom stereocenters. The van der Waals surface area contributed by atoms with Crippen molar-refractivity contribution in [3.8, 4) is 11.5 Å². The van der Waals surface area contributed by atoms with Crippen LogP contribution in [0.2, 0.25) is 0 Å². The fourth-order valence-electron chi connectivity index (χ4n) is 2.90. The van der Waals surface area contributed by atoms with Crippen molar-refractivity contribution in [2.45, 2.75) is 19.9 Å². The molecule has 1 amide bonds. The van der Waals surface area contributed by atoms with Gasteiger partial charge in [-0.2, -0.15) is 0 Å². The van der Waals surface area contributed by atoms with E-state index in [4.69, 9.17) is 9.47 Å². The zero-order valence-electron chi connectivity index (χ0n) is 17.2. The van der Waals surface area contributed by atoms with E-state index in [1.807, 2.05) is 0 Å². The van der Waals surface area contributed by atoms with E-state index in [-0.39, 0.29) is 28.6 Å². The summed E-state index contributed by atoms with van der Waals surface area (Å²) >= 11 is 0. The molecule has 0 saturated heterocycles. The Bertz CT molecular complexity index is 1070. The summed E-state index contributed by atoms with van der Waals surface area (Å²) in [5.41, 5.74) is 0.772. The van der Waals surface area contributed by atoms with Crippen LogP contribution in [0.15, 0.2) is 36.4 Å². The van der Waals surface area contributed by atoms with Crippen molar-refractivity contribution in [3.05, 3.63) is 52.1 Å². The number of anilines is 2. The molecule has 0 radical (unpaired) electrons. The highest BCUT2D eigenvalue weighted by molar-refractivity contribution is 7.92. The number of ether oxygens (including phenoxy) is 2. The fraction of sp³-hybridized carbons (Fsp3) is 0.316. The first kappa shape index (κ1) is 22.9. The Kier molecular flexibility index (Phi) is 6.88. The van der Waals surface area contributed by atoms with Crippen molar-refractivity contribution in [2.24, 2.45) is 0 Å². The minimum atomic E-state index is -3.89. The normalized spacial score (nSPS) is 12.0. The number of non-ortho nitro benzene ring substituents is 1. The Morgan fingerprint density at radius 2 is 1.73 bits per heavy atom. The van der Waals surface area contributed by atoms with Gasteiger partial charge in [-0.1, -0.05) is 6.07 Å². The Morgan fingerprint density at radius 1 is 1.13 bits per heavy atom. The van der Waals surface area contributed by atoms with Gasteiger partial charge in [-0.05, 0) is 37.6 Å². The van der Waals surface area contributed by atoms with Crippen molar-refractivity contribution in [3.63, 3.8) is 0 Å². The molecule has 11 heteroatoms. The van der Waals surface area contributed by atoms with E-state index in [1.54, 1.807) is 25.1 Å². The van der Waals surface area contributed by atoms with Crippen LogP contribution >= 0.6 is 0 Å². The van der Waals surface area contributed by atoms with E-state index in [9.17, 15) is 23.3 Å². The summed E-state index contributed by atoms with van der Waals surface area (Å²) in [5, 5.41) is 13.6. The van der Waals surface area contributed by atoms with Crippen LogP contribution in [0.4, 0.5) is 17.1 Å². The summed E-state index contributed by atoms with van der Waals surface area (Å²) in [4.78, 5) is 23.4. The predicted molar refractivity (Wildman–Crippen MR) is 113 cm³/mol. The molecule has 0 spiro atoms. The number of sulfonamides is 1. The monoisotopic (exact) mass is 437 g/mol. The van der Waals surface area contributed by atoms with Gasteiger partial charge in [0.05, 0.1) is 36.8 Å². The number of hydrogen-bond donors (Lipinski definition) is 1. The van der Waals surface area contributed by atoms with E-state index in [2.05, 4.69) is 5.32 Å². The van der Waals surface area contributed by atoms with Crippen LogP contribution in [-0.2, 0) is 14.8 Å². The van der Waals surface area contributed by atoms with E-state index >= 15 is 0 Å². The highest BCUT2D eigenvalue weighted by Gasteiger charge is 2.32. The van der Waals surface area contributed by atoms with Gasteiger partial charge in [0.15, 0.2) is 0 Å². The maximum Gasteiger partial charge on any atom is 0.271 e. The molecule has 0 fully saturated rings. The lowest BCUT2D eigenvalue weighted by molar-refractivity contribution is -0.384. The van der Waals surface area contributed by atoms with Gasteiger partial charge in [-0.25, -0.2) is 8.42 Å². The standard InChI is InChI=1S/C19H23N3O7S/c1-12-6-8-18(29-4)16(10-12)21(30(5,26)27)13(2)19(23)20-15-11-14(22(24)25)7-9-17(15)28-3/h6-11,13H,1-5H3,(H,20,23)/t13-/m1/s1. The van der Waals surface area contributed by atoms with Gasteiger partial charge in [0.1, 0.15) is 17.5 Å². The van der Waals surface area contributed by atoms with Crippen LogP contribution in [0, 0.1) is 17.0 Å². The SMILES string of the molecule is COc1ccc([N+](=O)[O-])cc1NC(=O)[C@@H](C)N(c1cc(C)ccc1OC)S(C)(=O)=O. The number of carbonyl (C=O) groups excluding carboxylic acids is 1. The van der Waals surface area contributed by atoms with Gasteiger partial charge in [0.2, 0.25) is 15.9 Å². The molecule has 2 aromatic carbocycles. The minimum Gasteiger partial charge on any atom is -0.495 e. The fourth-order valence-corrected chi connectivity index (χ4v) is 4.07. The summed E-state index contributed by atoms with van der Waals surface area (Å²) in [7, 11) is -1.14. The predicted octanol–water partition coefficient (Wildman–Crippen LogP) is 2.71. The smallest absolute Gasteiger partial charge is 0.271 e. The minimum absolute atomic E-state index is 0.0493. The lowest BCUT2D eigenvalue weighted by Gasteiger charge is -2.29. The molecule has 162 valence electrons. The van der Waals surface area contributed by atoms with Crippen molar-refractivity contribution in [2.75, 3.05) is 30.1 Å². The quantitative estimate of drug-likeness (QED) is 0.497. The van der Waals surface area contributed by atoms with E-state index in [1.165, 1.54) is 33.3 Å². The molecule has 1 atom stereocenters. The largest absolute Gasteiger partial charge is 0.495 e. The van der Waals surface area contributed by atoms with Gasteiger partial charge in [0.25, 0.3) is 5.69 Å². The Labute approximate surface area is 174 Å². The average molecular weight is 437 g/mol. The van der Waals surface area contributed by atoms with E-state index < -0.39 is 26.9 Å². The molecule has 0 aliphatic heterocycles. The maximum atomic E-state index is 12.9. The third kappa shape index (κ3) is 4.98. The number of amides is 1. The molecule has 0 aromatic heterocycles. The third-order valence-electron chi connectivity index (χ3n) is 4.31. The average Bonchev–Trinajstić information content (AvgIpc) is 2.67. The number of nitro benzene ring substituents is 1. The van der Waals surface area contributed by atoms with Gasteiger partial charge in [-0.3, -0.25) is 19.2 Å². The number of nitrogens with zero attached hydrogens (tertiary/aromatic N) is 2. The third-order valence-corrected chi connectivity index (χ3v) is 5.54. The van der Waals surface area contributed by atoms with Crippen LogP contribution < -0.4 is 19.1 Å². The molecule has 10 nitrogen and oxygen atoms in total. The summed E-state index contributed by atoms with van der Waals surface area (Å²) < 4.78 is 36.5. The molecule has 2 rings (SSSR count). The van der Waals surface area contributed by atoms with Crippen molar-refractivity contribution in [1.82, 2.24) is 0 Å². The second-order valence-corrected chi connectivity index (χ2v) is 8.40. The summed E-state index contributed by atoms with van der Waals surface area (Å²) in [5.74, 6) is -0.235. The second-order valence-electron chi connectivity index (χ2n) is 6.54. The molecule has 0 aliphatic carbocycles. The highest BCUT2D eigenvalue weighted by Crippen LogP contribution is 2.34. The van der Waals surface area contributed by atoms with Crippen molar-refractivity contribution in [1.29, 1.82) is 0 Å².